The van der Waals surface area contributed by atoms with Crippen LogP contribution in [0.15, 0.2) is 0 Å². The normalized spacial score (nSPS) is 23.6. The third-order valence-electron chi connectivity index (χ3n) is 2.50. The number of rotatable bonds is 6. The van der Waals surface area contributed by atoms with Crippen LogP contribution in [0.3, 0.4) is 0 Å². The lowest BCUT2D eigenvalue weighted by molar-refractivity contribution is -0.173. The zero-order valence-corrected chi connectivity index (χ0v) is 9.35. The SMILES string of the molecule is CC(NCCOCC(F)(F)F)C1CCCO1. The predicted octanol–water partition coefficient (Wildman–Crippen LogP) is 1.72. The van der Waals surface area contributed by atoms with Gasteiger partial charge in [-0.1, -0.05) is 0 Å². The third kappa shape index (κ3) is 5.67. The van der Waals surface area contributed by atoms with Crippen LogP contribution in [0, 0.1) is 0 Å². The minimum atomic E-state index is -4.24. The maximum absolute atomic E-state index is 11.7. The molecule has 2 unspecified atom stereocenters. The van der Waals surface area contributed by atoms with Crippen molar-refractivity contribution in [3.05, 3.63) is 0 Å². The Morgan fingerprint density at radius 2 is 2.25 bits per heavy atom. The van der Waals surface area contributed by atoms with Crippen molar-refractivity contribution in [1.82, 2.24) is 5.32 Å². The molecule has 6 heteroatoms. The van der Waals surface area contributed by atoms with E-state index < -0.39 is 12.8 Å². The van der Waals surface area contributed by atoms with Crippen molar-refractivity contribution < 1.29 is 22.6 Å². The number of hydrogen-bond donors (Lipinski definition) is 1. The Bertz CT molecular complexity index is 193. The molecule has 0 bridgehead atoms. The summed E-state index contributed by atoms with van der Waals surface area (Å²) in [6.45, 7) is 2.05. The van der Waals surface area contributed by atoms with Crippen molar-refractivity contribution in [1.29, 1.82) is 0 Å². The molecule has 0 amide bonds. The molecule has 0 aromatic rings. The maximum atomic E-state index is 11.7. The van der Waals surface area contributed by atoms with Gasteiger partial charge in [0.2, 0.25) is 0 Å². The van der Waals surface area contributed by atoms with Crippen LogP contribution in [0.1, 0.15) is 19.8 Å². The lowest BCUT2D eigenvalue weighted by atomic mass is 10.1. The molecule has 1 N–H and O–H groups in total. The minimum Gasteiger partial charge on any atom is -0.377 e. The highest BCUT2D eigenvalue weighted by atomic mass is 19.4. The average Bonchev–Trinajstić information content (AvgIpc) is 2.67. The molecule has 0 aliphatic carbocycles. The van der Waals surface area contributed by atoms with E-state index in [0.717, 1.165) is 19.4 Å². The first kappa shape index (κ1) is 13.7. The molecule has 0 spiro atoms. The molecule has 0 aromatic heterocycles. The van der Waals surface area contributed by atoms with Gasteiger partial charge in [-0.15, -0.1) is 0 Å². The van der Waals surface area contributed by atoms with Crippen LogP contribution in [-0.2, 0) is 9.47 Å². The molecular formula is C10H18F3NO2. The highest BCUT2D eigenvalue weighted by molar-refractivity contribution is 4.76. The molecule has 1 aliphatic heterocycles. The fourth-order valence-electron chi connectivity index (χ4n) is 1.68. The summed E-state index contributed by atoms with van der Waals surface area (Å²) in [5.74, 6) is 0. The van der Waals surface area contributed by atoms with Gasteiger partial charge in [-0.05, 0) is 19.8 Å². The Balaban J connectivity index is 1.98. The third-order valence-corrected chi connectivity index (χ3v) is 2.50. The molecule has 2 atom stereocenters. The summed E-state index contributed by atoms with van der Waals surface area (Å²) in [6, 6.07) is 0.164. The van der Waals surface area contributed by atoms with E-state index in [1.165, 1.54) is 0 Å². The van der Waals surface area contributed by atoms with Gasteiger partial charge in [-0.3, -0.25) is 0 Å². The summed E-state index contributed by atoms with van der Waals surface area (Å²) in [5.41, 5.74) is 0. The second-order valence-electron chi connectivity index (χ2n) is 3.96. The standard InChI is InChI=1S/C10H18F3NO2/c1-8(9-3-2-5-16-9)14-4-6-15-7-10(11,12)13/h8-9,14H,2-7H2,1H3. The topological polar surface area (TPSA) is 30.5 Å². The predicted molar refractivity (Wildman–Crippen MR) is 53.3 cm³/mol. The van der Waals surface area contributed by atoms with Crippen molar-refractivity contribution in [2.75, 3.05) is 26.4 Å². The largest absolute Gasteiger partial charge is 0.411 e. The van der Waals surface area contributed by atoms with Crippen LogP contribution in [0.2, 0.25) is 0 Å². The van der Waals surface area contributed by atoms with Gasteiger partial charge in [-0.25, -0.2) is 0 Å². The number of hydrogen-bond acceptors (Lipinski definition) is 3. The summed E-state index contributed by atoms with van der Waals surface area (Å²) in [5, 5.41) is 3.09. The van der Waals surface area contributed by atoms with Crippen LogP contribution in [0.5, 0.6) is 0 Å². The summed E-state index contributed by atoms with van der Waals surface area (Å²) in [6.07, 6.45) is -1.98. The van der Waals surface area contributed by atoms with Gasteiger partial charge < -0.3 is 14.8 Å². The van der Waals surface area contributed by atoms with Gasteiger partial charge in [0, 0.05) is 19.2 Å². The van der Waals surface area contributed by atoms with Crippen LogP contribution >= 0.6 is 0 Å². The fourth-order valence-corrected chi connectivity index (χ4v) is 1.68. The Morgan fingerprint density at radius 3 is 2.81 bits per heavy atom. The molecule has 96 valence electrons. The fraction of sp³-hybridized carbons (Fsp3) is 1.00. The van der Waals surface area contributed by atoms with Crippen LogP contribution < -0.4 is 5.32 Å². The second-order valence-corrected chi connectivity index (χ2v) is 3.96. The molecule has 1 aliphatic rings. The summed E-state index contributed by atoms with van der Waals surface area (Å²) in [4.78, 5) is 0. The Hall–Kier alpha value is -0.330. The van der Waals surface area contributed by atoms with Crippen LogP contribution in [0.4, 0.5) is 13.2 Å². The van der Waals surface area contributed by atoms with Gasteiger partial charge >= 0.3 is 6.18 Å². The molecule has 1 rings (SSSR count). The molecule has 1 saturated heterocycles. The molecular weight excluding hydrogens is 223 g/mol. The maximum Gasteiger partial charge on any atom is 0.411 e. The first-order valence-corrected chi connectivity index (χ1v) is 5.48. The van der Waals surface area contributed by atoms with Gasteiger partial charge in [-0.2, -0.15) is 13.2 Å². The van der Waals surface area contributed by atoms with E-state index in [1.807, 2.05) is 6.92 Å². The lowest BCUT2D eigenvalue weighted by Gasteiger charge is -2.20. The summed E-state index contributed by atoms with van der Waals surface area (Å²) in [7, 11) is 0. The molecule has 3 nitrogen and oxygen atoms in total. The van der Waals surface area contributed by atoms with Crippen molar-refractivity contribution in [2.45, 2.75) is 38.1 Å². The first-order valence-electron chi connectivity index (χ1n) is 5.48. The van der Waals surface area contributed by atoms with E-state index in [4.69, 9.17) is 4.74 Å². The monoisotopic (exact) mass is 241 g/mol. The van der Waals surface area contributed by atoms with E-state index in [1.54, 1.807) is 0 Å². The van der Waals surface area contributed by atoms with E-state index in [0.29, 0.717) is 6.54 Å². The van der Waals surface area contributed by atoms with Crippen LogP contribution in [0.25, 0.3) is 0 Å². The zero-order chi connectivity index (χ0) is 12.0. The molecule has 0 aromatic carbocycles. The quantitative estimate of drug-likeness (QED) is 0.718. The van der Waals surface area contributed by atoms with Gasteiger partial charge in [0.05, 0.1) is 12.7 Å². The number of ether oxygens (including phenoxy) is 2. The van der Waals surface area contributed by atoms with E-state index in [-0.39, 0.29) is 18.8 Å². The number of alkyl halides is 3. The molecule has 0 radical (unpaired) electrons. The molecule has 0 saturated carbocycles. The summed E-state index contributed by atoms with van der Waals surface area (Å²) >= 11 is 0. The smallest absolute Gasteiger partial charge is 0.377 e. The Labute approximate surface area is 93.3 Å². The van der Waals surface area contributed by atoms with Crippen molar-refractivity contribution in [2.24, 2.45) is 0 Å². The van der Waals surface area contributed by atoms with Gasteiger partial charge in [0.25, 0.3) is 0 Å². The van der Waals surface area contributed by atoms with Crippen molar-refractivity contribution >= 4 is 0 Å². The minimum absolute atomic E-state index is 0.0660. The summed E-state index contributed by atoms with van der Waals surface area (Å²) < 4.78 is 45.1. The van der Waals surface area contributed by atoms with Crippen molar-refractivity contribution in [3.8, 4) is 0 Å². The van der Waals surface area contributed by atoms with E-state index >= 15 is 0 Å². The first-order chi connectivity index (χ1) is 7.49. The van der Waals surface area contributed by atoms with Gasteiger partial charge in [0.1, 0.15) is 6.61 Å². The lowest BCUT2D eigenvalue weighted by Crippen LogP contribution is -2.39. The Kier molecular flexibility index (Phi) is 5.51. The second kappa shape index (κ2) is 6.42. The van der Waals surface area contributed by atoms with Crippen molar-refractivity contribution in [3.63, 3.8) is 0 Å². The number of halogens is 3. The highest BCUT2D eigenvalue weighted by Crippen LogP contribution is 2.15. The number of nitrogens with one attached hydrogen (secondary N) is 1. The molecule has 1 fully saturated rings. The molecule has 16 heavy (non-hydrogen) atoms. The highest BCUT2D eigenvalue weighted by Gasteiger charge is 2.27. The van der Waals surface area contributed by atoms with Gasteiger partial charge in [0.15, 0.2) is 0 Å². The average molecular weight is 241 g/mol. The van der Waals surface area contributed by atoms with E-state index in [9.17, 15) is 13.2 Å². The Morgan fingerprint density at radius 1 is 1.50 bits per heavy atom. The van der Waals surface area contributed by atoms with E-state index in [2.05, 4.69) is 10.1 Å². The molecule has 1 heterocycles. The van der Waals surface area contributed by atoms with Crippen LogP contribution in [-0.4, -0.2) is 44.7 Å². The zero-order valence-electron chi connectivity index (χ0n) is 9.35.